The zero-order valence-corrected chi connectivity index (χ0v) is 13.1. The van der Waals surface area contributed by atoms with Gasteiger partial charge in [-0.15, -0.1) is 0 Å². The third-order valence-corrected chi connectivity index (χ3v) is 3.89. The molecule has 4 heteroatoms. The number of anilines is 1. The Labute approximate surface area is 122 Å². The van der Waals surface area contributed by atoms with Gasteiger partial charge in [0.1, 0.15) is 0 Å². The maximum atomic E-state index is 12.0. The summed E-state index contributed by atoms with van der Waals surface area (Å²) in [6, 6.07) is 5.36. The molecule has 1 aromatic rings. The highest BCUT2D eigenvalue weighted by atomic mass is 79.9. The van der Waals surface area contributed by atoms with E-state index in [9.17, 15) is 9.59 Å². The van der Waals surface area contributed by atoms with Crippen LogP contribution in [0.5, 0.6) is 0 Å². The van der Waals surface area contributed by atoms with Crippen molar-refractivity contribution in [3.05, 3.63) is 28.2 Å². The van der Waals surface area contributed by atoms with Crippen LogP contribution in [-0.2, 0) is 4.79 Å². The molecule has 1 aliphatic rings. The molecule has 0 aromatic heterocycles. The highest BCUT2D eigenvalue weighted by molar-refractivity contribution is 9.10. The van der Waals surface area contributed by atoms with Crippen LogP contribution in [0.3, 0.4) is 0 Å². The molecule has 1 amide bonds. The van der Waals surface area contributed by atoms with Crippen molar-refractivity contribution < 1.29 is 9.59 Å². The molecule has 102 valence electrons. The first-order valence-corrected chi connectivity index (χ1v) is 7.25. The van der Waals surface area contributed by atoms with Gasteiger partial charge in [-0.25, -0.2) is 0 Å². The summed E-state index contributed by atoms with van der Waals surface area (Å²) in [5, 5.41) is 0. The first kappa shape index (κ1) is 14.3. The van der Waals surface area contributed by atoms with E-state index in [1.54, 1.807) is 17.0 Å². The van der Waals surface area contributed by atoms with Crippen molar-refractivity contribution in [1.29, 1.82) is 0 Å². The van der Waals surface area contributed by atoms with Crippen LogP contribution in [0.2, 0.25) is 0 Å². The van der Waals surface area contributed by atoms with E-state index in [-0.39, 0.29) is 5.41 Å². The van der Waals surface area contributed by atoms with Gasteiger partial charge in [-0.2, -0.15) is 0 Å². The van der Waals surface area contributed by atoms with Crippen LogP contribution in [0, 0.1) is 5.41 Å². The molecule has 0 saturated carbocycles. The Morgan fingerprint density at radius 1 is 1.21 bits per heavy atom. The summed E-state index contributed by atoms with van der Waals surface area (Å²) in [5.74, 6) is -0.803. The fourth-order valence-corrected chi connectivity index (χ4v) is 2.87. The number of nitrogens with zero attached hydrogens (tertiary/aromatic N) is 1. The van der Waals surface area contributed by atoms with Gasteiger partial charge in [0, 0.05) is 11.0 Å². The van der Waals surface area contributed by atoms with E-state index < -0.39 is 11.7 Å². The molecule has 3 nitrogen and oxygen atoms in total. The Bertz CT molecular complexity index is 531. The number of amides is 1. The molecular weight excluding hydrogens is 306 g/mol. The fraction of sp³-hybridized carbons (Fsp3) is 0.467. The van der Waals surface area contributed by atoms with Crippen molar-refractivity contribution in [2.75, 3.05) is 11.4 Å². The topological polar surface area (TPSA) is 37.4 Å². The monoisotopic (exact) mass is 323 g/mol. The average Bonchev–Trinajstić information content (AvgIpc) is 2.54. The van der Waals surface area contributed by atoms with Crippen molar-refractivity contribution in [1.82, 2.24) is 0 Å². The minimum atomic E-state index is -0.407. The molecule has 1 aromatic carbocycles. The molecular formula is C15H18BrNO2. The molecule has 0 aliphatic carbocycles. The number of halogens is 1. The normalized spacial score (nSPS) is 15.1. The number of carbonyl (C=O) groups is 2. The van der Waals surface area contributed by atoms with E-state index in [1.165, 1.54) is 0 Å². The summed E-state index contributed by atoms with van der Waals surface area (Å²) >= 11 is 3.43. The third kappa shape index (κ3) is 2.89. The van der Waals surface area contributed by atoms with Gasteiger partial charge in [-0.05, 0) is 46.3 Å². The second-order valence-corrected chi connectivity index (χ2v) is 6.94. The number of hydrogen-bond acceptors (Lipinski definition) is 2. The second-order valence-electron chi connectivity index (χ2n) is 6.09. The average molecular weight is 324 g/mol. The Kier molecular flexibility index (Phi) is 3.81. The maximum absolute atomic E-state index is 12.0. The summed E-state index contributed by atoms with van der Waals surface area (Å²) in [6.07, 6.45) is 1.91. The van der Waals surface area contributed by atoms with E-state index in [4.69, 9.17) is 0 Å². The first-order valence-electron chi connectivity index (χ1n) is 6.46. The lowest BCUT2D eigenvalue weighted by Crippen LogP contribution is -2.31. The Hall–Kier alpha value is -1.16. The summed E-state index contributed by atoms with van der Waals surface area (Å²) in [6.45, 7) is 7.12. The molecule has 0 fully saturated rings. The van der Waals surface area contributed by atoms with E-state index in [0.717, 1.165) is 23.0 Å². The van der Waals surface area contributed by atoms with Gasteiger partial charge in [0.05, 0.1) is 11.3 Å². The largest absolute Gasteiger partial charge is 0.304 e. The summed E-state index contributed by atoms with van der Waals surface area (Å²) in [7, 11) is 0. The van der Waals surface area contributed by atoms with Crippen LogP contribution in [0.4, 0.5) is 5.69 Å². The summed E-state index contributed by atoms with van der Waals surface area (Å²) in [4.78, 5) is 25.5. The Morgan fingerprint density at radius 2 is 1.89 bits per heavy atom. The van der Waals surface area contributed by atoms with Gasteiger partial charge in [0.15, 0.2) is 0 Å². The number of ketones is 1. The van der Waals surface area contributed by atoms with Crippen LogP contribution < -0.4 is 4.90 Å². The molecule has 0 saturated heterocycles. The predicted octanol–water partition coefficient (Wildman–Crippen LogP) is 3.80. The summed E-state index contributed by atoms with van der Waals surface area (Å²) < 4.78 is 0.806. The van der Waals surface area contributed by atoms with Gasteiger partial charge in [0.2, 0.25) is 0 Å². The number of carbonyl (C=O) groups excluding carboxylic acids is 2. The first-order chi connectivity index (χ1) is 8.81. The van der Waals surface area contributed by atoms with Gasteiger partial charge in [-0.1, -0.05) is 26.8 Å². The van der Waals surface area contributed by atoms with Gasteiger partial charge < -0.3 is 4.90 Å². The maximum Gasteiger partial charge on any atom is 0.299 e. The van der Waals surface area contributed by atoms with Crippen LogP contribution in [0.25, 0.3) is 0 Å². The Morgan fingerprint density at radius 3 is 2.53 bits per heavy atom. The minimum Gasteiger partial charge on any atom is -0.304 e. The standard InChI is InChI=1S/C15H18BrNO2/c1-15(2,3)8-5-9-17-12-10(13(18)14(17)19)6-4-7-11(12)16/h4,6-7H,5,8-9H2,1-3H3. The van der Waals surface area contributed by atoms with Crippen molar-refractivity contribution in [2.45, 2.75) is 33.6 Å². The van der Waals surface area contributed by atoms with Crippen LogP contribution in [0.1, 0.15) is 44.0 Å². The van der Waals surface area contributed by atoms with E-state index in [0.29, 0.717) is 12.1 Å². The van der Waals surface area contributed by atoms with E-state index in [2.05, 4.69) is 36.7 Å². The van der Waals surface area contributed by atoms with E-state index >= 15 is 0 Å². The van der Waals surface area contributed by atoms with Crippen molar-refractivity contribution >= 4 is 33.3 Å². The van der Waals surface area contributed by atoms with Crippen molar-refractivity contribution in [2.24, 2.45) is 5.41 Å². The van der Waals surface area contributed by atoms with Crippen LogP contribution >= 0.6 is 15.9 Å². The molecule has 1 aliphatic heterocycles. The highest BCUT2D eigenvalue weighted by Gasteiger charge is 2.36. The lowest BCUT2D eigenvalue weighted by molar-refractivity contribution is -0.114. The van der Waals surface area contributed by atoms with Crippen LogP contribution in [-0.4, -0.2) is 18.2 Å². The van der Waals surface area contributed by atoms with Gasteiger partial charge >= 0.3 is 0 Å². The smallest absolute Gasteiger partial charge is 0.299 e. The SMILES string of the molecule is CC(C)(C)CCCN1C(=O)C(=O)c2cccc(Br)c21. The second kappa shape index (κ2) is 5.08. The lowest BCUT2D eigenvalue weighted by atomic mass is 9.90. The summed E-state index contributed by atoms with van der Waals surface area (Å²) in [5.41, 5.74) is 1.48. The third-order valence-electron chi connectivity index (χ3n) is 3.25. The molecule has 0 spiro atoms. The van der Waals surface area contributed by atoms with Gasteiger partial charge in [-0.3, -0.25) is 9.59 Å². The molecule has 1 heterocycles. The number of benzene rings is 1. The molecule has 0 N–H and O–H groups in total. The van der Waals surface area contributed by atoms with Crippen molar-refractivity contribution in [3.63, 3.8) is 0 Å². The van der Waals surface area contributed by atoms with Crippen LogP contribution in [0.15, 0.2) is 22.7 Å². The molecule has 0 bridgehead atoms. The van der Waals surface area contributed by atoms with Crippen molar-refractivity contribution in [3.8, 4) is 0 Å². The minimum absolute atomic E-state index is 0.240. The molecule has 0 radical (unpaired) electrons. The number of para-hydroxylation sites is 1. The number of Topliss-reactive ketones (excluding diaryl/α,β-unsaturated/α-hetero) is 1. The molecule has 0 unspecified atom stereocenters. The molecule has 2 rings (SSSR count). The zero-order valence-electron chi connectivity index (χ0n) is 11.5. The molecule has 19 heavy (non-hydrogen) atoms. The number of rotatable bonds is 3. The fourth-order valence-electron chi connectivity index (χ4n) is 2.29. The van der Waals surface area contributed by atoms with E-state index in [1.807, 2.05) is 6.07 Å². The predicted molar refractivity (Wildman–Crippen MR) is 79.5 cm³/mol. The highest BCUT2D eigenvalue weighted by Crippen LogP contribution is 2.36. The Balaban J connectivity index is 2.19. The lowest BCUT2D eigenvalue weighted by Gasteiger charge is -2.22. The van der Waals surface area contributed by atoms with Gasteiger partial charge in [0.25, 0.3) is 11.7 Å². The molecule has 0 atom stereocenters. The zero-order chi connectivity index (χ0) is 14.2. The number of fused-ring (bicyclic) bond motifs is 1. The quantitative estimate of drug-likeness (QED) is 0.793. The number of hydrogen-bond donors (Lipinski definition) is 0.